The fourth-order valence-corrected chi connectivity index (χ4v) is 3.72. The molecule has 0 aromatic carbocycles. The number of rotatable bonds is 18. The molecule has 0 aliphatic rings. The van der Waals surface area contributed by atoms with Crippen molar-refractivity contribution in [2.45, 2.75) is 97.3 Å². The van der Waals surface area contributed by atoms with Crippen LogP contribution in [0.2, 0.25) is 0 Å². The second kappa shape index (κ2) is 16.3. The molecule has 0 amide bonds. The molecular weight excluding hydrogens is 322 g/mol. The van der Waals surface area contributed by atoms with Gasteiger partial charge in [0, 0.05) is 6.54 Å². The Kier molecular flexibility index (Phi) is 16.3. The van der Waals surface area contributed by atoms with Gasteiger partial charge >= 0.3 is 0 Å². The fraction of sp³-hybridized carbons (Fsp3) is 1.00. The minimum atomic E-state index is -3.32. The van der Waals surface area contributed by atoms with Crippen LogP contribution >= 0.6 is 0 Å². The van der Waals surface area contributed by atoms with E-state index in [0.717, 1.165) is 13.0 Å². The Morgan fingerprint density at radius 2 is 1.17 bits per heavy atom. The van der Waals surface area contributed by atoms with Crippen molar-refractivity contribution < 1.29 is 12.6 Å². The van der Waals surface area contributed by atoms with Gasteiger partial charge in [-0.25, -0.2) is 0 Å². The molecule has 0 fully saturated rings. The Morgan fingerprint density at radius 3 is 1.62 bits per heavy atom. The molecule has 0 heterocycles. The quantitative estimate of drug-likeness (QED) is 0.187. The Labute approximate surface area is 151 Å². The highest BCUT2D eigenvalue weighted by Gasteiger charge is 2.10. The SMILES string of the molecule is CCCCCCCCCCCCCCN(C)COS(=O)(=O)CCC. The molecule has 4 nitrogen and oxygen atoms in total. The Hall–Kier alpha value is -0.130. The van der Waals surface area contributed by atoms with Crippen molar-refractivity contribution in [3.05, 3.63) is 0 Å². The van der Waals surface area contributed by atoms with Gasteiger partial charge in [-0.1, -0.05) is 84.5 Å². The van der Waals surface area contributed by atoms with E-state index in [4.69, 9.17) is 4.18 Å². The summed E-state index contributed by atoms with van der Waals surface area (Å²) < 4.78 is 27.9. The van der Waals surface area contributed by atoms with Gasteiger partial charge in [-0.05, 0) is 19.9 Å². The average molecular weight is 364 g/mol. The van der Waals surface area contributed by atoms with Crippen LogP contribution in [0.1, 0.15) is 97.3 Å². The van der Waals surface area contributed by atoms with Crippen molar-refractivity contribution >= 4 is 10.1 Å². The van der Waals surface area contributed by atoms with E-state index >= 15 is 0 Å². The first kappa shape index (κ1) is 23.9. The lowest BCUT2D eigenvalue weighted by Crippen LogP contribution is -2.26. The van der Waals surface area contributed by atoms with Crippen molar-refractivity contribution in [3.63, 3.8) is 0 Å². The summed E-state index contributed by atoms with van der Waals surface area (Å²) in [6.07, 6.45) is 16.7. The summed E-state index contributed by atoms with van der Waals surface area (Å²) in [4.78, 5) is 1.95. The number of hydrogen-bond acceptors (Lipinski definition) is 4. The van der Waals surface area contributed by atoms with E-state index in [1.807, 2.05) is 18.9 Å². The van der Waals surface area contributed by atoms with Gasteiger partial charge in [0.1, 0.15) is 6.73 Å². The van der Waals surface area contributed by atoms with Crippen molar-refractivity contribution in [1.29, 1.82) is 0 Å². The largest absolute Gasteiger partial charge is 0.283 e. The van der Waals surface area contributed by atoms with Crippen molar-refractivity contribution in [2.75, 3.05) is 26.1 Å². The highest BCUT2D eigenvalue weighted by molar-refractivity contribution is 7.86. The molecule has 5 heteroatoms. The Bertz CT molecular complexity index is 358. The molecule has 0 aromatic rings. The second-order valence-corrected chi connectivity index (χ2v) is 8.74. The monoisotopic (exact) mass is 363 g/mol. The molecule has 0 rings (SSSR count). The van der Waals surface area contributed by atoms with Gasteiger partial charge in [-0.15, -0.1) is 0 Å². The molecule has 146 valence electrons. The van der Waals surface area contributed by atoms with E-state index in [9.17, 15) is 8.42 Å². The summed E-state index contributed by atoms with van der Waals surface area (Å²) in [5, 5.41) is 0. The molecule has 0 atom stereocenters. The third-order valence-electron chi connectivity index (χ3n) is 4.30. The van der Waals surface area contributed by atoms with E-state index in [2.05, 4.69) is 6.92 Å². The molecule has 24 heavy (non-hydrogen) atoms. The van der Waals surface area contributed by atoms with E-state index in [0.29, 0.717) is 6.42 Å². The number of hydrogen-bond donors (Lipinski definition) is 0. The van der Waals surface area contributed by atoms with Crippen LogP contribution in [-0.4, -0.2) is 39.4 Å². The molecule has 0 unspecified atom stereocenters. The van der Waals surface area contributed by atoms with Crippen LogP contribution in [0.15, 0.2) is 0 Å². The first-order chi connectivity index (χ1) is 11.5. The van der Waals surface area contributed by atoms with Gasteiger partial charge in [-0.2, -0.15) is 8.42 Å². The van der Waals surface area contributed by atoms with Crippen LogP contribution in [0.4, 0.5) is 0 Å². The predicted molar refractivity (Wildman–Crippen MR) is 104 cm³/mol. The van der Waals surface area contributed by atoms with Crippen LogP contribution < -0.4 is 0 Å². The summed E-state index contributed by atoms with van der Waals surface area (Å²) in [6.45, 7) is 5.19. The first-order valence-electron chi connectivity index (χ1n) is 10.1. The van der Waals surface area contributed by atoms with Crippen LogP contribution in [0.3, 0.4) is 0 Å². The smallest absolute Gasteiger partial charge is 0.268 e. The summed E-state index contributed by atoms with van der Waals surface area (Å²) in [7, 11) is -1.41. The first-order valence-corrected chi connectivity index (χ1v) is 11.6. The summed E-state index contributed by atoms with van der Waals surface area (Å²) in [5.41, 5.74) is 0. The molecule has 0 N–H and O–H groups in total. The molecule has 0 saturated heterocycles. The highest BCUT2D eigenvalue weighted by atomic mass is 32.2. The van der Waals surface area contributed by atoms with Gasteiger partial charge in [0.2, 0.25) is 0 Å². The highest BCUT2D eigenvalue weighted by Crippen LogP contribution is 2.12. The van der Waals surface area contributed by atoms with Crippen LogP contribution in [-0.2, 0) is 14.3 Å². The Morgan fingerprint density at radius 1 is 0.708 bits per heavy atom. The normalized spacial score (nSPS) is 12.2. The summed E-state index contributed by atoms with van der Waals surface area (Å²) in [6, 6.07) is 0. The van der Waals surface area contributed by atoms with E-state index in [1.54, 1.807) is 0 Å². The van der Waals surface area contributed by atoms with Crippen LogP contribution in [0, 0.1) is 0 Å². The predicted octanol–water partition coefficient (Wildman–Crippen LogP) is 5.33. The molecule has 0 saturated carbocycles. The molecule has 0 aromatic heterocycles. The number of nitrogens with zero attached hydrogens (tertiary/aromatic N) is 1. The summed E-state index contributed by atoms with van der Waals surface area (Å²) in [5.74, 6) is 0.111. The third-order valence-corrected chi connectivity index (χ3v) is 5.67. The maximum absolute atomic E-state index is 11.5. The molecule has 0 bridgehead atoms. The zero-order valence-electron chi connectivity index (χ0n) is 16.4. The standard InChI is InChI=1S/C19H41NO3S/c1-4-6-7-8-9-10-11-12-13-14-15-16-17-20(3)19-23-24(21,22)18-5-2/h4-19H2,1-3H3. The zero-order chi connectivity index (χ0) is 18.1. The summed E-state index contributed by atoms with van der Waals surface area (Å²) >= 11 is 0. The molecule has 0 aliphatic carbocycles. The van der Waals surface area contributed by atoms with Crippen molar-refractivity contribution in [1.82, 2.24) is 4.90 Å². The van der Waals surface area contributed by atoms with E-state index in [1.165, 1.54) is 70.6 Å². The molecule has 0 radical (unpaired) electrons. The second-order valence-electron chi connectivity index (χ2n) is 6.98. The van der Waals surface area contributed by atoms with Gasteiger partial charge in [0.05, 0.1) is 5.75 Å². The van der Waals surface area contributed by atoms with Gasteiger partial charge in [0.15, 0.2) is 0 Å². The van der Waals surface area contributed by atoms with Crippen LogP contribution in [0.25, 0.3) is 0 Å². The maximum atomic E-state index is 11.5. The van der Waals surface area contributed by atoms with Gasteiger partial charge < -0.3 is 0 Å². The Balaban J connectivity index is 3.32. The van der Waals surface area contributed by atoms with Crippen molar-refractivity contribution in [3.8, 4) is 0 Å². The third kappa shape index (κ3) is 16.7. The lowest BCUT2D eigenvalue weighted by Gasteiger charge is -2.16. The minimum Gasteiger partial charge on any atom is -0.283 e. The van der Waals surface area contributed by atoms with Gasteiger partial charge in [-0.3, -0.25) is 9.08 Å². The van der Waals surface area contributed by atoms with E-state index in [-0.39, 0.29) is 12.5 Å². The molecular formula is C19H41NO3S. The van der Waals surface area contributed by atoms with Crippen molar-refractivity contribution in [2.24, 2.45) is 0 Å². The lowest BCUT2D eigenvalue weighted by atomic mass is 10.1. The maximum Gasteiger partial charge on any atom is 0.268 e. The van der Waals surface area contributed by atoms with Gasteiger partial charge in [0.25, 0.3) is 10.1 Å². The van der Waals surface area contributed by atoms with E-state index < -0.39 is 10.1 Å². The average Bonchev–Trinajstić information content (AvgIpc) is 2.54. The zero-order valence-corrected chi connectivity index (χ0v) is 17.2. The topological polar surface area (TPSA) is 46.6 Å². The lowest BCUT2D eigenvalue weighted by molar-refractivity contribution is 0.156. The fourth-order valence-electron chi connectivity index (χ4n) is 2.77. The number of unbranched alkanes of at least 4 members (excludes halogenated alkanes) is 11. The minimum absolute atomic E-state index is 0.111. The molecule has 0 aliphatic heterocycles. The van der Waals surface area contributed by atoms with Crippen LogP contribution in [0.5, 0.6) is 0 Å². The molecule has 0 spiro atoms.